The number of ketones is 2. The van der Waals surface area contributed by atoms with Crippen LogP contribution >= 0.6 is 9.24 Å². The van der Waals surface area contributed by atoms with Gasteiger partial charge in [0, 0.05) is 21.9 Å². The fourth-order valence-corrected chi connectivity index (χ4v) is 6.89. The fourth-order valence-electron chi connectivity index (χ4n) is 6.48. The lowest BCUT2D eigenvalue weighted by atomic mass is 9.82. The number of hydrogen-bond acceptors (Lipinski definition) is 2. The molecule has 1 atom stereocenters. The molecule has 0 amide bonds. The zero-order chi connectivity index (χ0) is 27.7. The van der Waals surface area contributed by atoms with E-state index in [9.17, 15) is 9.59 Å². The molecule has 0 radical (unpaired) electrons. The predicted octanol–water partition coefficient (Wildman–Crippen LogP) is 8.91. The minimum Gasteiger partial charge on any atom is -0.289 e. The van der Waals surface area contributed by atoms with Gasteiger partial charge in [-0.1, -0.05) is 103 Å². The molecule has 0 fully saturated rings. The molecule has 0 aromatic heterocycles. The van der Waals surface area contributed by atoms with Gasteiger partial charge < -0.3 is 0 Å². The largest absolute Gasteiger partial charge is 0.289 e. The van der Waals surface area contributed by atoms with Crippen LogP contribution < -0.4 is 5.30 Å². The third-order valence-electron chi connectivity index (χ3n) is 8.33. The summed E-state index contributed by atoms with van der Waals surface area (Å²) in [6, 6.07) is 35.3. The number of rotatable bonds is 3. The second-order valence-electron chi connectivity index (χ2n) is 10.6. The summed E-state index contributed by atoms with van der Waals surface area (Å²) in [5, 5.41) is 5.07. The molecule has 0 saturated carbocycles. The van der Waals surface area contributed by atoms with Gasteiger partial charge in [-0.25, -0.2) is 0 Å². The first-order chi connectivity index (χ1) is 20.1. The van der Waals surface area contributed by atoms with Crippen molar-refractivity contribution in [1.29, 1.82) is 0 Å². The van der Waals surface area contributed by atoms with Gasteiger partial charge in [0.25, 0.3) is 0 Å². The molecule has 0 saturated heterocycles. The van der Waals surface area contributed by atoms with Crippen LogP contribution in [0.25, 0.3) is 67.1 Å². The van der Waals surface area contributed by atoms with Crippen LogP contribution in [0.15, 0.2) is 115 Å². The highest BCUT2D eigenvalue weighted by atomic mass is 31.0. The molecule has 0 aliphatic heterocycles. The van der Waals surface area contributed by atoms with E-state index in [4.69, 9.17) is 0 Å². The summed E-state index contributed by atoms with van der Waals surface area (Å²) < 4.78 is 0. The maximum Gasteiger partial charge on any atom is 0.187 e. The quantitative estimate of drug-likeness (QED) is 0.209. The first kappa shape index (κ1) is 23.9. The Morgan fingerprint density at radius 2 is 1.00 bits per heavy atom. The van der Waals surface area contributed by atoms with Crippen molar-refractivity contribution < 1.29 is 9.59 Å². The first-order valence-corrected chi connectivity index (χ1v) is 14.2. The van der Waals surface area contributed by atoms with Crippen molar-refractivity contribution in [3.63, 3.8) is 0 Å². The molecule has 6 aromatic carbocycles. The third kappa shape index (κ3) is 3.62. The van der Waals surface area contributed by atoms with Crippen LogP contribution in [0.3, 0.4) is 0 Å². The molecule has 2 nitrogen and oxygen atoms in total. The van der Waals surface area contributed by atoms with Gasteiger partial charge in [0.05, 0.1) is 0 Å². The van der Waals surface area contributed by atoms with Crippen LogP contribution in [0.2, 0.25) is 0 Å². The van der Waals surface area contributed by atoms with Gasteiger partial charge in [-0.3, -0.25) is 9.59 Å². The Kier molecular flexibility index (Phi) is 5.29. The van der Waals surface area contributed by atoms with Gasteiger partial charge in [-0.15, -0.1) is 9.24 Å². The topological polar surface area (TPSA) is 34.1 Å². The lowest BCUT2D eigenvalue weighted by molar-refractivity contribution is 0.104. The Morgan fingerprint density at radius 1 is 0.439 bits per heavy atom. The van der Waals surface area contributed by atoms with E-state index in [2.05, 4.69) is 82.0 Å². The Morgan fingerprint density at radius 3 is 1.59 bits per heavy atom. The van der Waals surface area contributed by atoms with Crippen LogP contribution in [0, 0.1) is 0 Å². The van der Waals surface area contributed by atoms with Crippen molar-refractivity contribution in [1.82, 2.24) is 0 Å². The first-order valence-electron chi connectivity index (χ1n) is 13.6. The monoisotopic (exact) mass is 542 g/mol. The normalized spacial score (nSPS) is 13.4. The molecule has 2 aliphatic carbocycles. The minimum absolute atomic E-state index is 0.0153. The van der Waals surface area contributed by atoms with E-state index in [-0.39, 0.29) is 11.6 Å². The second-order valence-corrected chi connectivity index (χ2v) is 11.2. The highest BCUT2D eigenvalue weighted by Gasteiger charge is 2.25. The SMILES string of the molecule is O=C1C=Cc2cccc3ccc(-c4cc(-c5ccccc5)c(-c5ccc6cccc7c6c5C(=O)C=C7)cc4P)c1c23. The highest BCUT2D eigenvalue weighted by molar-refractivity contribution is 7.28. The molecule has 0 heterocycles. The Labute approximate surface area is 239 Å². The van der Waals surface area contributed by atoms with Gasteiger partial charge in [0.2, 0.25) is 0 Å². The van der Waals surface area contributed by atoms with Crippen LogP contribution in [-0.4, -0.2) is 11.6 Å². The lowest BCUT2D eigenvalue weighted by Crippen LogP contribution is -2.09. The number of hydrogen-bond donors (Lipinski definition) is 0. The van der Waals surface area contributed by atoms with Crippen LogP contribution in [0.5, 0.6) is 0 Å². The molecule has 0 bridgehead atoms. The second kappa shape index (κ2) is 9.06. The molecule has 41 heavy (non-hydrogen) atoms. The van der Waals surface area contributed by atoms with Crippen molar-refractivity contribution >= 4 is 59.8 Å². The minimum atomic E-state index is 0.0153. The Bertz CT molecular complexity index is 2190. The Balaban J connectivity index is 1.44. The number of benzene rings is 6. The van der Waals surface area contributed by atoms with Crippen LogP contribution in [0.1, 0.15) is 31.8 Å². The highest BCUT2D eigenvalue weighted by Crippen LogP contribution is 2.43. The zero-order valence-corrected chi connectivity index (χ0v) is 23.2. The molecule has 8 rings (SSSR count). The van der Waals surface area contributed by atoms with Crippen molar-refractivity contribution in [2.75, 3.05) is 0 Å². The summed E-state index contributed by atoms with van der Waals surface area (Å²) in [4.78, 5) is 26.8. The maximum atomic E-state index is 13.4. The van der Waals surface area contributed by atoms with Crippen molar-refractivity contribution in [2.45, 2.75) is 0 Å². The van der Waals surface area contributed by atoms with Gasteiger partial charge >= 0.3 is 0 Å². The van der Waals surface area contributed by atoms with E-state index >= 15 is 0 Å². The number of allylic oxidation sites excluding steroid dienone is 2. The molecule has 1 unspecified atom stereocenters. The predicted molar refractivity (Wildman–Crippen MR) is 174 cm³/mol. The molecule has 6 aromatic rings. The van der Waals surface area contributed by atoms with Gasteiger partial charge in [-0.05, 0) is 84.9 Å². The lowest BCUT2D eigenvalue weighted by Gasteiger charge is -2.22. The summed E-state index contributed by atoms with van der Waals surface area (Å²) >= 11 is 0. The smallest absolute Gasteiger partial charge is 0.187 e. The summed E-state index contributed by atoms with van der Waals surface area (Å²) in [5.74, 6) is 0.0319. The molecule has 2 aliphatic rings. The van der Waals surface area contributed by atoms with Gasteiger partial charge in [0.15, 0.2) is 11.6 Å². The number of carbonyl (C=O) groups is 2. The molecule has 3 heteroatoms. The fraction of sp³-hybridized carbons (Fsp3) is 0. The van der Waals surface area contributed by atoms with Crippen molar-refractivity contribution in [3.8, 4) is 33.4 Å². The van der Waals surface area contributed by atoms with E-state index in [0.717, 1.165) is 82.5 Å². The van der Waals surface area contributed by atoms with Crippen LogP contribution in [-0.2, 0) is 0 Å². The summed E-state index contributed by atoms with van der Waals surface area (Å²) in [7, 11) is 2.89. The molecule has 0 N–H and O–H groups in total. The summed E-state index contributed by atoms with van der Waals surface area (Å²) in [6.07, 6.45) is 7.17. The Hall–Kier alpha value is -4.91. The van der Waals surface area contributed by atoms with Crippen molar-refractivity contribution in [2.24, 2.45) is 0 Å². The van der Waals surface area contributed by atoms with Gasteiger partial charge in [0.1, 0.15) is 0 Å². The van der Waals surface area contributed by atoms with E-state index in [1.807, 2.05) is 42.5 Å². The number of carbonyl (C=O) groups excluding carboxylic acids is 2. The average Bonchev–Trinajstić information content (AvgIpc) is 3.01. The summed E-state index contributed by atoms with van der Waals surface area (Å²) in [6.45, 7) is 0. The molecular formula is C38H23O2P. The van der Waals surface area contributed by atoms with E-state index in [1.54, 1.807) is 12.2 Å². The van der Waals surface area contributed by atoms with E-state index in [1.165, 1.54) is 0 Å². The van der Waals surface area contributed by atoms with E-state index < -0.39 is 0 Å². The molecule has 0 spiro atoms. The van der Waals surface area contributed by atoms with Gasteiger partial charge in [-0.2, -0.15) is 0 Å². The average molecular weight is 543 g/mol. The van der Waals surface area contributed by atoms with E-state index in [0.29, 0.717) is 0 Å². The summed E-state index contributed by atoms with van der Waals surface area (Å²) in [5.41, 5.74) is 9.45. The van der Waals surface area contributed by atoms with Crippen LogP contribution in [0.4, 0.5) is 0 Å². The zero-order valence-electron chi connectivity index (χ0n) is 22.0. The van der Waals surface area contributed by atoms with Crippen molar-refractivity contribution in [3.05, 3.63) is 138 Å². The standard InChI is InChI=1S/C38H23O2P/c39-32-18-14-25-10-4-8-23-12-16-27(37(32)35(23)25)30-21-34(41)31(20-29(30)22-6-2-1-3-7-22)28-17-13-24-9-5-11-26-15-19-33(40)38(28)36(24)26/h1-21H,41H2. The molecular weight excluding hydrogens is 519 g/mol. The third-order valence-corrected chi connectivity index (χ3v) is 8.81. The molecule has 192 valence electrons. The maximum absolute atomic E-state index is 13.4.